The highest BCUT2D eigenvalue weighted by atomic mass is 16.2. The number of rotatable bonds is 5. The summed E-state index contributed by atoms with van der Waals surface area (Å²) in [6.45, 7) is 4.15. The molecule has 1 unspecified atom stereocenters. The summed E-state index contributed by atoms with van der Waals surface area (Å²) in [6.07, 6.45) is 9.81. The van der Waals surface area contributed by atoms with E-state index < -0.39 is 0 Å². The van der Waals surface area contributed by atoms with Crippen LogP contribution in [0.15, 0.2) is 30.9 Å². The number of hydrogen-bond donors (Lipinski definition) is 1. The molecular weight excluding hydrogens is 292 g/mol. The number of amides is 1. The van der Waals surface area contributed by atoms with E-state index in [-0.39, 0.29) is 11.9 Å². The zero-order valence-electron chi connectivity index (χ0n) is 13.4. The van der Waals surface area contributed by atoms with Crippen molar-refractivity contribution in [1.29, 1.82) is 0 Å². The second-order valence-electron chi connectivity index (χ2n) is 5.88. The van der Waals surface area contributed by atoms with Gasteiger partial charge in [0.25, 0.3) is 0 Å². The first kappa shape index (κ1) is 15.5. The molecule has 0 spiro atoms. The third kappa shape index (κ3) is 4.06. The molecule has 0 radical (unpaired) electrons. The molecule has 1 aliphatic heterocycles. The molecule has 2 aromatic heterocycles. The van der Waals surface area contributed by atoms with Gasteiger partial charge in [-0.1, -0.05) is 0 Å². The summed E-state index contributed by atoms with van der Waals surface area (Å²) in [5, 5.41) is 7.46. The van der Waals surface area contributed by atoms with Crippen LogP contribution < -0.4 is 5.32 Å². The van der Waals surface area contributed by atoms with Crippen LogP contribution in [0.4, 0.5) is 5.95 Å². The van der Waals surface area contributed by atoms with Crippen molar-refractivity contribution >= 4 is 11.9 Å². The van der Waals surface area contributed by atoms with Crippen molar-refractivity contribution in [2.45, 2.75) is 32.2 Å². The Kier molecular flexibility index (Phi) is 4.85. The van der Waals surface area contributed by atoms with E-state index in [0.717, 1.165) is 31.5 Å². The van der Waals surface area contributed by atoms with E-state index in [4.69, 9.17) is 0 Å². The lowest BCUT2D eigenvalue weighted by molar-refractivity contribution is -0.132. The quantitative estimate of drug-likeness (QED) is 0.908. The maximum Gasteiger partial charge on any atom is 0.224 e. The highest BCUT2D eigenvalue weighted by molar-refractivity contribution is 5.76. The van der Waals surface area contributed by atoms with Crippen LogP contribution in [-0.4, -0.2) is 50.2 Å². The SMILES string of the molecule is Cc1cnn(C2CCCN(C(=O)CCNc3ncccn3)C2)c1. The molecule has 122 valence electrons. The standard InChI is InChI=1S/C16H22N6O/c1-13-10-20-22(11-13)14-4-2-9-21(12-14)15(23)5-8-19-16-17-6-3-7-18-16/h3,6-7,10-11,14H,2,4-5,8-9,12H2,1H3,(H,17,18,19). The van der Waals surface area contributed by atoms with Crippen LogP contribution >= 0.6 is 0 Å². The van der Waals surface area contributed by atoms with Crippen molar-refractivity contribution in [2.24, 2.45) is 0 Å². The molecular formula is C16H22N6O. The number of nitrogens with zero attached hydrogens (tertiary/aromatic N) is 5. The zero-order valence-corrected chi connectivity index (χ0v) is 13.4. The number of hydrogen-bond acceptors (Lipinski definition) is 5. The van der Waals surface area contributed by atoms with Gasteiger partial charge in [-0.05, 0) is 31.4 Å². The van der Waals surface area contributed by atoms with Crippen LogP contribution in [0, 0.1) is 6.92 Å². The Morgan fingerprint density at radius 2 is 2.22 bits per heavy atom. The van der Waals surface area contributed by atoms with Gasteiger partial charge in [0, 0.05) is 44.6 Å². The third-order valence-electron chi connectivity index (χ3n) is 4.04. The Labute approximate surface area is 135 Å². The van der Waals surface area contributed by atoms with Crippen molar-refractivity contribution in [3.63, 3.8) is 0 Å². The summed E-state index contributed by atoms with van der Waals surface area (Å²) in [5.74, 6) is 0.728. The first-order chi connectivity index (χ1) is 11.2. The Hall–Kier alpha value is -2.44. The van der Waals surface area contributed by atoms with Crippen LogP contribution in [0.1, 0.15) is 30.9 Å². The van der Waals surface area contributed by atoms with Crippen LogP contribution in [0.2, 0.25) is 0 Å². The van der Waals surface area contributed by atoms with Crippen molar-refractivity contribution in [1.82, 2.24) is 24.6 Å². The third-order valence-corrected chi connectivity index (χ3v) is 4.04. The second kappa shape index (κ2) is 7.21. The van der Waals surface area contributed by atoms with Gasteiger partial charge >= 0.3 is 0 Å². The van der Waals surface area contributed by atoms with E-state index in [2.05, 4.69) is 20.4 Å². The number of anilines is 1. The van der Waals surface area contributed by atoms with Gasteiger partial charge in [-0.3, -0.25) is 9.48 Å². The number of piperidine rings is 1. The molecule has 1 aliphatic rings. The predicted molar refractivity (Wildman–Crippen MR) is 87.0 cm³/mol. The Morgan fingerprint density at radius 1 is 1.39 bits per heavy atom. The summed E-state index contributed by atoms with van der Waals surface area (Å²) in [6, 6.07) is 2.05. The van der Waals surface area contributed by atoms with Gasteiger partial charge in [0.1, 0.15) is 0 Å². The summed E-state index contributed by atoms with van der Waals surface area (Å²) >= 11 is 0. The molecule has 1 N–H and O–H groups in total. The molecule has 1 fully saturated rings. The van der Waals surface area contributed by atoms with Crippen molar-refractivity contribution in [3.8, 4) is 0 Å². The maximum atomic E-state index is 12.4. The fraction of sp³-hybridized carbons (Fsp3) is 0.500. The lowest BCUT2D eigenvalue weighted by Gasteiger charge is -2.33. The van der Waals surface area contributed by atoms with Gasteiger partial charge < -0.3 is 10.2 Å². The molecule has 3 rings (SSSR count). The zero-order chi connectivity index (χ0) is 16.1. The van der Waals surface area contributed by atoms with E-state index >= 15 is 0 Å². The molecule has 0 bridgehead atoms. The first-order valence-electron chi connectivity index (χ1n) is 8.02. The number of aromatic nitrogens is 4. The molecule has 0 aliphatic carbocycles. The van der Waals surface area contributed by atoms with Crippen LogP contribution in [0.25, 0.3) is 0 Å². The second-order valence-corrected chi connectivity index (χ2v) is 5.88. The van der Waals surface area contributed by atoms with Gasteiger partial charge in [0.05, 0.1) is 12.2 Å². The minimum atomic E-state index is 0.169. The van der Waals surface area contributed by atoms with Crippen molar-refractivity contribution < 1.29 is 4.79 Å². The number of aryl methyl sites for hydroxylation is 1. The van der Waals surface area contributed by atoms with E-state index in [1.165, 1.54) is 0 Å². The van der Waals surface area contributed by atoms with E-state index in [9.17, 15) is 4.79 Å². The Balaban J connectivity index is 1.49. The number of nitrogens with one attached hydrogen (secondary N) is 1. The molecule has 0 aromatic carbocycles. The lowest BCUT2D eigenvalue weighted by Crippen LogP contribution is -2.41. The van der Waals surface area contributed by atoms with E-state index in [1.54, 1.807) is 18.5 Å². The van der Waals surface area contributed by atoms with Crippen LogP contribution in [0.3, 0.4) is 0 Å². The van der Waals surface area contributed by atoms with Gasteiger partial charge in [0.15, 0.2) is 0 Å². The minimum absolute atomic E-state index is 0.169. The lowest BCUT2D eigenvalue weighted by atomic mass is 10.1. The van der Waals surface area contributed by atoms with E-state index in [1.807, 2.05) is 28.9 Å². The molecule has 1 atom stereocenters. The molecule has 1 amide bonds. The van der Waals surface area contributed by atoms with Crippen LogP contribution in [-0.2, 0) is 4.79 Å². The summed E-state index contributed by atoms with van der Waals surface area (Å²) in [4.78, 5) is 22.5. The van der Waals surface area contributed by atoms with Crippen molar-refractivity contribution in [3.05, 3.63) is 36.4 Å². The topological polar surface area (TPSA) is 75.9 Å². The molecule has 3 heterocycles. The number of carbonyl (C=O) groups excluding carboxylic acids is 1. The summed E-state index contributed by atoms with van der Waals surface area (Å²) < 4.78 is 1.99. The van der Waals surface area contributed by atoms with Gasteiger partial charge in [-0.2, -0.15) is 5.10 Å². The normalized spacial score (nSPS) is 18.0. The fourth-order valence-corrected chi connectivity index (χ4v) is 2.86. The Morgan fingerprint density at radius 3 is 2.96 bits per heavy atom. The number of carbonyl (C=O) groups is 1. The van der Waals surface area contributed by atoms with E-state index in [0.29, 0.717) is 18.9 Å². The highest BCUT2D eigenvalue weighted by Gasteiger charge is 2.24. The summed E-state index contributed by atoms with van der Waals surface area (Å²) in [7, 11) is 0. The van der Waals surface area contributed by atoms with Gasteiger partial charge in [-0.15, -0.1) is 0 Å². The Bertz CT molecular complexity index is 641. The van der Waals surface area contributed by atoms with Gasteiger partial charge in [-0.25, -0.2) is 9.97 Å². The maximum absolute atomic E-state index is 12.4. The largest absolute Gasteiger partial charge is 0.354 e. The van der Waals surface area contributed by atoms with Gasteiger partial charge in [0.2, 0.25) is 11.9 Å². The number of likely N-dealkylation sites (tertiary alicyclic amines) is 1. The minimum Gasteiger partial charge on any atom is -0.354 e. The first-order valence-corrected chi connectivity index (χ1v) is 8.02. The smallest absolute Gasteiger partial charge is 0.224 e. The molecule has 7 nitrogen and oxygen atoms in total. The monoisotopic (exact) mass is 314 g/mol. The highest BCUT2D eigenvalue weighted by Crippen LogP contribution is 2.21. The molecule has 0 saturated carbocycles. The van der Waals surface area contributed by atoms with Crippen LogP contribution in [0.5, 0.6) is 0 Å². The average molecular weight is 314 g/mol. The fourth-order valence-electron chi connectivity index (χ4n) is 2.86. The average Bonchev–Trinajstić information content (AvgIpc) is 3.02. The summed E-state index contributed by atoms with van der Waals surface area (Å²) in [5.41, 5.74) is 1.15. The molecule has 1 saturated heterocycles. The van der Waals surface area contributed by atoms with Crippen molar-refractivity contribution in [2.75, 3.05) is 25.0 Å². The molecule has 23 heavy (non-hydrogen) atoms. The molecule has 2 aromatic rings. The molecule has 7 heteroatoms. The predicted octanol–water partition coefficient (Wildman–Crippen LogP) is 1.65.